The SMILES string of the molecule is Cc1ccc(S(=O)(=O)n2ccc3cc(NC=O)ccc32)cc1. The Morgan fingerprint density at radius 1 is 1.05 bits per heavy atom. The zero-order chi connectivity index (χ0) is 15.7. The van der Waals surface area contributed by atoms with E-state index < -0.39 is 10.0 Å². The molecule has 0 fully saturated rings. The highest BCUT2D eigenvalue weighted by molar-refractivity contribution is 7.90. The number of aryl methyl sites for hydroxylation is 1. The van der Waals surface area contributed by atoms with Gasteiger partial charge < -0.3 is 5.32 Å². The van der Waals surface area contributed by atoms with Crippen molar-refractivity contribution in [3.8, 4) is 0 Å². The second-order valence-corrected chi connectivity index (χ2v) is 6.78. The van der Waals surface area contributed by atoms with E-state index in [9.17, 15) is 13.2 Å². The summed E-state index contributed by atoms with van der Waals surface area (Å²) in [4.78, 5) is 10.7. The first kappa shape index (κ1) is 14.3. The monoisotopic (exact) mass is 314 g/mol. The van der Waals surface area contributed by atoms with E-state index in [4.69, 9.17) is 0 Å². The molecule has 0 radical (unpaired) electrons. The van der Waals surface area contributed by atoms with Crippen LogP contribution in [-0.2, 0) is 14.8 Å². The average molecular weight is 314 g/mol. The third kappa shape index (κ3) is 2.37. The standard InChI is InChI=1S/C16H14N2O3S/c1-12-2-5-15(6-3-12)22(20,21)18-9-8-13-10-14(17-11-19)4-7-16(13)18/h2-11H,1H3,(H,17,19). The molecule has 0 aliphatic rings. The van der Waals surface area contributed by atoms with Crippen LogP contribution in [0.2, 0.25) is 0 Å². The maximum absolute atomic E-state index is 12.7. The number of anilines is 1. The van der Waals surface area contributed by atoms with Gasteiger partial charge in [0.1, 0.15) is 0 Å². The maximum atomic E-state index is 12.7. The van der Waals surface area contributed by atoms with Crippen molar-refractivity contribution in [3.05, 3.63) is 60.3 Å². The normalized spacial score (nSPS) is 11.5. The third-order valence-corrected chi connectivity index (χ3v) is 5.16. The van der Waals surface area contributed by atoms with Crippen molar-refractivity contribution in [3.63, 3.8) is 0 Å². The fourth-order valence-corrected chi connectivity index (χ4v) is 3.66. The minimum atomic E-state index is -3.64. The lowest BCUT2D eigenvalue weighted by Gasteiger charge is -2.08. The highest BCUT2D eigenvalue weighted by Gasteiger charge is 2.18. The molecule has 22 heavy (non-hydrogen) atoms. The van der Waals surface area contributed by atoms with Crippen LogP contribution in [0.5, 0.6) is 0 Å². The summed E-state index contributed by atoms with van der Waals surface area (Å²) >= 11 is 0. The molecular weight excluding hydrogens is 300 g/mol. The van der Waals surface area contributed by atoms with Gasteiger partial charge in [0.2, 0.25) is 6.41 Å². The minimum absolute atomic E-state index is 0.241. The van der Waals surface area contributed by atoms with Crippen LogP contribution < -0.4 is 5.32 Å². The molecule has 2 aromatic carbocycles. The molecule has 0 saturated heterocycles. The molecule has 112 valence electrons. The van der Waals surface area contributed by atoms with Gasteiger partial charge in [0, 0.05) is 17.3 Å². The predicted molar refractivity (Wildman–Crippen MR) is 85.4 cm³/mol. The number of benzene rings is 2. The van der Waals surface area contributed by atoms with Gasteiger partial charge in [-0.3, -0.25) is 4.79 Å². The summed E-state index contributed by atoms with van der Waals surface area (Å²) < 4.78 is 26.7. The number of rotatable bonds is 4. The molecule has 0 spiro atoms. The number of nitrogens with one attached hydrogen (secondary N) is 1. The highest BCUT2D eigenvalue weighted by atomic mass is 32.2. The highest BCUT2D eigenvalue weighted by Crippen LogP contribution is 2.24. The molecule has 3 rings (SSSR count). The number of fused-ring (bicyclic) bond motifs is 1. The average Bonchev–Trinajstić information content (AvgIpc) is 2.92. The second kappa shape index (κ2) is 5.31. The maximum Gasteiger partial charge on any atom is 0.268 e. The van der Waals surface area contributed by atoms with E-state index in [0.29, 0.717) is 17.6 Å². The molecule has 6 heteroatoms. The number of hydrogen-bond donors (Lipinski definition) is 1. The summed E-state index contributed by atoms with van der Waals surface area (Å²) in [6.07, 6.45) is 2.10. The molecule has 1 N–H and O–H groups in total. The van der Waals surface area contributed by atoms with Gasteiger partial charge in [-0.1, -0.05) is 17.7 Å². The number of hydrogen-bond acceptors (Lipinski definition) is 3. The van der Waals surface area contributed by atoms with Gasteiger partial charge in [-0.05, 0) is 43.3 Å². The summed E-state index contributed by atoms with van der Waals surface area (Å²) in [6, 6.07) is 13.5. The minimum Gasteiger partial charge on any atom is -0.329 e. The Balaban J connectivity index is 2.13. The Morgan fingerprint density at radius 3 is 2.45 bits per heavy atom. The first-order valence-corrected chi connectivity index (χ1v) is 8.10. The Labute approximate surface area is 128 Å². The van der Waals surface area contributed by atoms with Gasteiger partial charge in [0.25, 0.3) is 10.0 Å². The molecule has 0 bridgehead atoms. The van der Waals surface area contributed by atoms with E-state index in [2.05, 4.69) is 5.32 Å². The van der Waals surface area contributed by atoms with E-state index in [1.807, 2.05) is 6.92 Å². The fraction of sp³-hybridized carbons (Fsp3) is 0.0625. The zero-order valence-corrected chi connectivity index (χ0v) is 12.7. The Bertz CT molecular complexity index is 941. The molecule has 0 saturated carbocycles. The summed E-state index contributed by atoms with van der Waals surface area (Å²) in [5, 5.41) is 3.28. The van der Waals surface area contributed by atoms with Crippen molar-refractivity contribution in [1.82, 2.24) is 3.97 Å². The zero-order valence-electron chi connectivity index (χ0n) is 11.9. The lowest BCUT2D eigenvalue weighted by Crippen LogP contribution is -2.11. The van der Waals surface area contributed by atoms with E-state index >= 15 is 0 Å². The topological polar surface area (TPSA) is 68.2 Å². The molecule has 0 atom stereocenters. The first-order chi connectivity index (χ1) is 10.5. The summed E-state index contributed by atoms with van der Waals surface area (Å²) in [7, 11) is -3.64. The molecule has 3 aromatic rings. The van der Waals surface area contributed by atoms with Crippen LogP contribution in [0.3, 0.4) is 0 Å². The van der Waals surface area contributed by atoms with Crippen LogP contribution in [0.4, 0.5) is 5.69 Å². The van der Waals surface area contributed by atoms with Crippen LogP contribution in [0.25, 0.3) is 10.9 Å². The summed E-state index contributed by atoms with van der Waals surface area (Å²) in [5.41, 5.74) is 2.19. The van der Waals surface area contributed by atoms with Gasteiger partial charge in [-0.25, -0.2) is 12.4 Å². The number of amides is 1. The van der Waals surface area contributed by atoms with Crippen molar-refractivity contribution in [2.45, 2.75) is 11.8 Å². The number of aromatic nitrogens is 1. The number of carbonyl (C=O) groups excluding carboxylic acids is 1. The van der Waals surface area contributed by atoms with Crippen molar-refractivity contribution in [1.29, 1.82) is 0 Å². The summed E-state index contributed by atoms with van der Waals surface area (Å²) in [5.74, 6) is 0. The number of carbonyl (C=O) groups is 1. The van der Waals surface area contributed by atoms with Crippen LogP contribution in [0, 0.1) is 6.92 Å². The third-order valence-electron chi connectivity index (χ3n) is 3.46. The van der Waals surface area contributed by atoms with Gasteiger partial charge in [0.15, 0.2) is 0 Å². The van der Waals surface area contributed by atoms with Crippen molar-refractivity contribution in [2.24, 2.45) is 0 Å². The predicted octanol–water partition coefficient (Wildman–Crippen LogP) is 2.76. The van der Waals surface area contributed by atoms with Crippen molar-refractivity contribution >= 4 is 33.0 Å². The lowest BCUT2D eigenvalue weighted by atomic mass is 10.2. The first-order valence-electron chi connectivity index (χ1n) is 6.66. The van der Waals surface area contributed by atoms with Crippen LogP contribution in [-0.4, -0.2) is 18.8 Å². The van der Waals surface area contributed by atoms with Crippen LogP contribution in [0.1, 0.15) is 5.56 Å². The van der Waals surface area contributed by atoms with Crippen molar-refractivity contribution < 1.29 is 13.2 Å². The van der Waals surface area contributed by atoms with E-state index in [0.717, 1.165) is 10.9 Å². The van der Waals surface area contributed by atoms with Gasteiger partial charge in [0.05, 0.1) is 10.4 Å². The van der Waals surface area contributed by atoms with Gasteiger partial charge >= 0.3 is 0 Å². The van der Waals surface area contributed by atoms with E-state index in [1.165, 1.54) is 10.2 Å². The molecule has 0 aliphatic carbocycles. The van der Waals surface area contributed by atoms with Crippen LogP contribution in [0.15, 0.2) is 59.6 Å². The quantitative estimate of drug-likeness (QED) is 0.753. The largest absolute Gasteiger partial charge is 0.329 e. The van der Waals surface area contributed by atoms with Gasteiger partial charge in [-0.15, -0.1) is 0 Å². The van der Waals surface area contributed by atoms with E-state index in [1.54, 1.807) is 48.5 Å². The Morgan fingerprint density at radius 2 is 1.77 bits per heavy atom. The molecule has 0 unspecified atom stereocenters. The van der Waals surface area contributed by atoms with Gasteiger partial charge in [-0.2, -0.15) is 0 Å². The van der Waals surface area contributed by atoms with Crippen molar-refractivity contribution in [2.75, 3.05) is 5.32 Å². The molecule has 0 aliphatic heterocycles. The molecule has 1 amide bonds. The van der Waals surface area contributed by atoms with E-state index in [-0.39, 0.29) is 4.90 Å². The molecule has 5 nitrogen and oxygen atoms in total. The Kier molecular flexibility index (Phi) is 3.46. The lowest BCUT2D eigenvalue weighted by molar-refractivity contribution is -0.105. The Hall–Kier alpha value is -2.60. The second-order valence-electron chi connectivity index (χ2n) is 4.97. The molecular formula is C16H14N2O3S. The molecule has 1 heterocycles. The molecule has 1 aromatic heterocycles. The summed E-state index contributed by atoms with van der Waals surface area (Å²) in [6.45, 7) is 1.91. The van der Waals surface area contributed by atoms with Crippen LogP contribution >= 0.6 is 0 Å². The number of nitrogens with zero attached hydrogens (tertiary/aromatic N) is 1. The fourth-order valence-electron chi connectivity index (χ4n) is 2.31. The smallest absolute Gasteiger partial charge is 0.268 e.